The second kappa shape index (κ2) is 6.54. The summed E-state index contributed by atoms with van der Waals surface area (Å²) < 4.78 is 0. The highest BCUT2D eigenvalue weighted by Crippen LogP contribution is 2.22. The van der Waals surface area contributed by atoms with Crippen molar-refractivity contribution >= 4 is 29.1 Å². The van der Waals surface area contributed by atoms with Crippen molar-refractivity contribution in [3.8, 4) is 0 Å². The maximum Gasteiger partial charge on any atom is 0.259 e. The predicted octanol–water partition coefficient (Wildman–Crippen LogP) is 3.60. The summed E-state index contributed by atoms with van der Waals surface area (Å²) in [5, 5.41) is 3.47. The van der Waals surface area contributed by atoms with Crippen molar-refractivity contribution in [3.63, 3.8) is 0 Å². The molecule has 1 aromatic heterocycles. The van der Waals surface area contributed by atoms with Gasteiger partial charge in [0.15, 0.2) is 0 Å². The Kier molecular flexibility index (Phi) is 4.48. The first kappa shape index (κ1) is 15.7. The lowest BCUT2D eigenvalue weighted by molar-refractivity contribution is 0.102. The lowest BCUT2D eigenvalue weighted by Gasteiger charge is -2.16. The average molecular weight is 331 g/mol. The molecule has 2 aromatic rings. The van der Waals surface area contributed by atoms with Crippen LogP contribution in [0.1, 0.15) is 34.5 Å². The summed E-state index contributed by atoms with van der Waals surface area (Å²) in [6.07, 6.45) is 3.93. The van der Waals surface area contributed by atoms with Crippen molar-refractivity contribution in [2.75, 3.05) is 23.3 Å². The van der Waals surface area contributed by atoms with Crippen LogP contribution in [-0.4, -0.2) is 29.0 Å². The van der Waals surface area contributed by atoms with E-state index in [1.54, 1.807) is 18.3 Å². The Bertz CT molecular complexity index is 741. The molecule has 1 aromatic carbocycles. The van der Waals surface area contributed by atoms with E-state index >= 15 is 0 Å². The molecule has 1 aliphatic rings. The van der Waals surface area contributed by atoms with Crippen molar-refractivity contribution in [2.24, 2.45) is 0 Å². The van der Waals surface area contributed by atoms with Crippen LogP contribution in [0.2, 0.25) is 5.02 Å². The summed E-state index contributed by atoms with van der Waals surface area (Å²) >= 11 is 5.99. The summed E-state index contributed by atoms with van der Waals surface area (Å²) in [6, 6.07) is 5.41. The Balaban J connectivity index is 1.80. The van der Waals surface area contributed by atoms with Crippen LogP contribution >= 0.6 is 11.6 Å². The number of amides is 1. The van der Waals surface area contributed by atoms with Crippen LogP contribution in [0, 0.1) is 13.8 Å². The highest BCUT2D eigenvalue weighted by molar-refractivity contribution is 6.31. The molecule has 1 fully saturated rings. The molecule has 1 amide bonds. The highest BCUT2D eigenvalue weighted by atomic mass is 35.5. The van der Waals surface area contributed by atoms with Gasteiger partial charge < -0.3 is 10.2 Å². The van der Waals surface area contributed by atoms with E-state index in [2.05, 4.69) is 20.2 Å². The molecule has 0 bridgehead atoms. The fraction of sp³-hybridized carbons (Fsp3) is 0.353. The molecular weight excluding hydrogens is 312 g/mol. The number of nitrogens with one attached hydrogen (secondary N) is 1. The van der Waals surface area contributed by atoms with E-state index < -0.39 is 0 Å². The number of hydrogen-bond donors (Lipinski definition) is 1. The first-order valence-electron chi connectivity index (χ1n) is 7.70. The number of nitrogens with zero attached hydrogens (tertiary/aromatic N) is 3. The molecule has 0 saturated carbocycles. The first-order chi connectivity index (χ1) is 11.0. The Labute approximate surface area is 140 Å². The van der Waals surface area contributed by atoms with Crippen LogP contribution < -0.4 is 10.2 Å². The van der Waals surface area contributed by atoms with Crippen molar-refractivity contribution in [2.45, 2.75) is 26.7 Å². The van der Waals surface area contributed by atoms with Gasteiger partial charge in [0.05, 0.1) is 11.3 Å². The third kappa shape index (κ3) is 3.45. The number of carbonyl (C=O) groups excluding carboxylic acids is 1. The molecule has 23 heavy (non-hydrogen) atoms. The summed E-state index contributed by atoms with van der Waals surface area (Å²) in [6.45, 7) is 5.71. The lowest BCUT2D eigenvalue weighted by atomic mass is 10.1. The lowest BCUT2D eigenvalue weighted by Crippen LogP contribution is -2.22. The largest absolute Gasteiger partial charge is 0.341 e. The van der Waals surface area contributed by atoms with Gasteiger partial charge in [-0.05, 0) is 44.4 Å². The monoisotopic (exact) mass is 330 g/mol. The minimum Gasteiger partial charge on any atom is -0.341 e. The zero-order valence-corrected chi connectivity index (χ0v) is 14.0. The van der Waals surface area contributed by atoms with Gasteiger partial charge in [-0.2, -0.15) is 0 Å². The molecule has 5 nitrogen and oxygen atoms in total. The van der Waals surface area contributed by atoms with Gasteiger partial charge in [0.1, 0.15) is 0 Å². The van der Waals surface area contributed by atoms with E-state index in [0.717, 1.165) is 18.7 Å². The number of aryl methyl sites for hydroxylation is 2. The summed E-state index contributed by atoms with van der Waals surface area (Å²) in [7, 11) is 0. The van der Waals surface area contributed by atoms with Crippen LogP contribution in [0.5, 0.6) is 0 Å². The topological polar surface area (TPSA) is 58.1 Å². The molecule has 6 heteroatoms. The predicted molar refractivity (Wildman–Crippen MR) is 92.4 cm³/mol. The van der Waals surface area contributed by atoms with Crippen molar-refractivity contribution < 1.29 is 4.79 Å². The summed E-state index contributed by atoms with van der Waals surface area (Å²) in [5.74, 6) is 0.483. The van der Waals surface area contributed by atoms with E-state index in [1.807, 2.05) is 19.9 Å². The van der Waals surface area contributed by atoms with Gasteiger partial charge >= 0.3 is 0 Å². The number of anilines is 2. The number of benzene rings is 1. The highest BCUT2D eigenvalue weighted by Gasteiger charge is 2.18. The Morgan fingerprint density at radius 3 is 2.70 bits per heavy atom. The molecule has 1 saturated heterocycles. The molecule has 0 spiro atoms. The third-order valence-electron chi connectivity index (χ3n) is 4.05. The second-order valence-corrected chi connectivity index (χ2v) is 6.21. The quantitative estimate of drug-likeness (QED) is 0.934. The van der Waals surface area contributed by atoms with E-state index in [0.29, 0.717) is 27.9 Å². The average Bonchev–Trinajstić information content (AvgIpc) is 3.05. The molecular formula is C17H19ClN4O. The molecule has 2 heterocycles. The van der Waals surface area contributed by atoms with Crippen molar-refractivity contribution in [1.29, 1.82) is 0 Å². The van der Waals surface area contributed by atoms with Crippen LogP contribution in [0.15, 0.2) is 24.4 Å². The summed E-state index contributed by atoms with van der Waals surface area (Å²) in [5.41, 5.74) is 2.81. The maximum atomic E-state index is 12.5. The minimum atomic E-state index is -0.221. The molecule has 1 aliphatic heterocycles. The van der Waals surface area contributed by atoms with Crippen LogP contribution in [-0.2, 0) is 0 Å². The zero-order valence-electron chi connectivity index (χ0n) is 13.3. The van der Waals surface area contributed by atoms with Crippen molar-refractivity contribution in [1.82, 2.24) is 9.97 Å². The molecule has 0 radical (unpaired) electrons. The third-order valence-corrected chi connectivity index (χ3v) is 4.28. The maximum absolute atomic E-state index is 12.5. The van der Waals surface area contributed by atoms with Crippen LogP contribution in [0.3, 0.4) is 0 Å². The number of rotatable bonds is 3. The van der Waals surface area contributed by atoms with Gasteiger partial charge in [-0.25, -0.2) is 9.97 Å². The van der Waals surface area contributed by atoms with Crippen molar-refractivity contribution in [3.05, 3.63) is 46.2 Å². The smallest absolute Gasteiger partial charge is 0.259 e. The van der Waals surface area contributed by atoms with E-state index in [-0.39, 0.29) is 5.91 Å². The van der Waals surface area contributed by atoms with Gasteiger partial charge in [0.25, 0.3) is 5.91 Å². The molecule has 3 rings (SSSR count). The van der Waals surface area contributed by atoms with Gasteiger partial charge in [-0.1, -0.05) is 17.7 Å². The zero-order chi connectivity index (χ0) is 16.4. The van der Waals surface area contributed by atoms with E-state index in [4.69, 9.17) is 11.6 Å². The number of hydrogen-bond acceptors (Lipinski definition) is 4. The van der Waals surface area contributed by atoms with E-state index in [9.17, 15) is 4.79 Å². The van der Waals surface area contributed by atoms with Crippen LogP contribution in [0.25, 0.3) is 0 Å². The molecule has 0 unspecified atom stereocenters. The van der Waals surface area contributed by atoms with Gasteiger partial charge in [-0.15, -0.1) is 0 Å². The molecule has 0 atom stereocenters. The normalized spacial score (nSPS) is 14.1. The molecule has 0 aliphatic carbocycles. The van der Waals surface area contributed by atoms with Crippen LogP contribution in [0.4, 0.5) is 11.6 Å². The standard InChI is InChI=1S/C17H19ClN4O/c1-11-5-6-13(18)9-15(11)21-16(23)14-10-19-17(20-12(14)2)22-7-3-4-8-22/h5-6,9-10H,3-4,7-8H2,1-2H3,(H,21,23). The molecule has 120 valence electrons. The number of halogens is 1. The molecule has 1 N–H and O–H groups in total. The van der Waals surface area contributed by atoms with E-state index in [1.165, 1.54) is 12.8 Å². The fourth-order valence-corrected chi connectivity index (χ4v) is 2.84. The Morgan fingerprint density at radius 2 is 2.00 bits per heavy atom. The Morgan fingerprint density at radius 1 is 1.26 bits per heavy atom. The number of carbonyl (C=O) groups is 1. The fourth-order valence-electron chi connectivity index (χ4n) is 2.67. The first-order valence-corrected chi connectivity index (χ1v) is 8.08. The number of aromatic nitrogens is 2. The van der Waals surface area contributed by atoms with Gasteiger partial charge in [-0.3, -0.25) is 4.79 Å². The second-order valence-electron chi connectivity index (χ2n) is 5.78. The Hall–Kier alpha value is -2.14. The SMILES string of the molecule is Cc1ccc(Cl)cc1NC(=O)c1cnc(N2CCCC2)nc1C. The minimum absolute atomic E-state index is 0.221. The van der Waals surface area contributed by atoms with Gasteiger partial charge in [0, 0.05) is 30.0 Å². The van der Waals surface area contributed by atoms with Gasteiger partial charge in [0.2, 0.25) is 5.95 Å². The summed E-state index contributed by atoms with van der Waals surface area (Å²) in [4.78, 5) is 23.5.